The van der Waals surface area contributed by atoms with Gasteiger partial charge in [0.1, 0.15) is 0 Å². The van der Waals surface area contributed by atoms with Gasteiger partial charge in [0, 0.05) is 17.0 Å². The molecule has 2 aromatic rings. The molecule has 0 atom stereocenters. The number of nitro benzene ring substituents is 1. The van der Waals surface area contributed by atoms with E-state index in [0.29, 0.717) is 6.54 Å². The zero-order chi connectivity index (χ0) is 17.5. The SMILES string of the molecule is COC(=O)c1ccc([N+](=O)[O-])c(OCC(=O)NCc2cccs2)c1. The van der Waals surface area contributed by atoms with Crippen molar-refractivity contribution in [2.75, 3.05) is 13.7 Å². The van der Waals surface area contributed by atoms with Gasteiger partial charge in [-0.2, -0.15) is 0 Å². The summed E-state index contributed by atoms with van der Waals surface area (Å²) in [6, 6.07) is 7.30. The molecule has 24 heavy (non-hydrogen) atoms. The molecule has 1 aromatic carbocycles. The Hall–Kier alpha value is -2.94. The maximum Gasteiger partial charge on any atom is 0.337 e. The number of esters is 1. The van der Waals surface area contributed by atoms with Gasteiger partial charge >= 0.3 is 11.7 Å². The highest BCUT2D eigenvalue weighted by Gasteiger charge is 2.19. The number of benzene rings is 1. The number of nitrogens with zero attached hydrogens (tertiary/aromatic N) is 1. The Labute approximate surface area is 141 Å². The lowest BCUT2D eigenvalue weighted by Crippen LogP contribution is -2.28. The summed E-state index contributed by atoms with van der Waals surface area (Å²) in [6.45, 7) is -0.0546. The van der Waals surface area contributed by atoms with Crippen LogP contribution in [0.3, 0.4) is 0 Å². The molecule has 1 heterocycles. The van der Waals surface area contributed by atoms with Gasteiger partial charge in [-0.15, -0.1) is 11.3 Å². The summed E-state index contributed by atoms with van der Waals surface area (Å²) < 4.78 is 9.76. The Bertz CT molecular complexity index is 744. The van der Waals surface area contributed by atoms with E-state index < -0.39 is 23.4 Å². The highest BCUT2D eigenvalue weighted by Crippen LogP contribution is 2.28. The summed E-state index contributed by atoms with van der Waals surface area (Å²) in [5.41, 5.74) is -0.245. The van der Waals surface area contributed by atoms with E-state index in [1.165, 1.54) is 30.6 Å². The first-order valence-corrected chi connectivity index (χ1v) is 7.68. The second-order valence-electron chi connectivity index (χ2n) is 4.58. The summed E-state index contributed by atoms with van der Waals surface area (Å²) in [5.74, 6) is -1.26. The molecule has 0 bridgehead atoms. The molecule has 1 N–H and O–H groups in total. The second kappa shape index (κ2) is 8.06. The summed E-state index contributed by atoms with van der Waals surface area (Å²) in [6.07, 6.45) is 0. The van der Waals surface area contributed by atoms with Crippen molar-refractivity contribution in [1.29, 1.82) is 0 Å². The van der Waals surface area contributed by atoms with E-state index in [1.807, 2.05) is 17.5 Å². The lowest BCUT2D eigenvalue weighted by atomic mass is 10.2. The zero-order valence-electron chi connectivity index (χ0n) is 12.7. The first-order chi connectivity index (χ1) is 11.5. The monoisotopic (exact) mass is 350 g/mol. The van der Waals surface area contributed by atoms with Gasteiger partial charge in [-0.1, -0.05) is 6.07 Å². The minimum atomic E-state index is -0.656. The minimum Gasteiger partial charge on any atom is -0.477 e. The molecule has 8 nitrogen and oxygen atoms in total. The van der Waals surface area contributed by atoms with Crippen molar-refractivity contribution < 1.29 is 24.0 Å². The molecule has 0 aliphatic heterocycles. The molecule has 0 saturated carbocycles. The van der Waals surface area contributed by atoms with E-state index in [0.717, 1.165) is 10.9 Å². The molecule has 0 spiro atoms. The van der Waals surface area contributed by atoms with Gasteiger partial charge in [0.2, 0.25) is 0 Å². The summed E-state index contributed by atoms with van der Waals surface area (Å²) in [7, 11) is 1.20. The number of thiophene rings is 1. The topological polar surface area (TPSA) is 108 Å². The Morgan fingerprint density at radius 2 is 2.12 bits per heavy atom. The van der Waals surface area contributed by atoms with Gasteiger partial charge in [-0.05, 0) is 17.5 Å². The third kappa shape index (κ3) is 4.53. The first-order valence-electron chi connectivity index (χ1n) is 6.80. The Balaban J connectivity index is 2.02. The van der Waals surface area contributed by atoms with Crippen molar-refractivity contribution in [2.45, 2.75) is 6.54 Å². The van der Waals surface area contributed by atoms with Gasteiger partial charge in [0.05, 0.1) is 24.1 Å². The average Bonchev–Trinajstić information content (AvgIpc) is 3.10. The number of carbonyl (C=O) groups is 2. The molecule has 0 saturated heterocycles. The molecule has 0 aliphatic rings. The van der Waals surface area contributed by atoms with E-state index in [9.17, 15) is 19.7 Å². The molecular formula is C15H14N2O6S. The highest BCUT2D eigenvalue weighted by atomic mass is 32.1. The van der Waals surface area contributed by atoms with Crippen molar-refractivity contribution in [1.82, 2.24) is 5.32 Å². The number of ether oxygens (including phenoxy) is 2. The number of nitro groups is 1. The molecule has 0 aliphatic carbocycles. The van der Waals surface area contributed by atoms with Crippen molar-refractivity contribution in [2.24, 2.45) is 0 Å². The van der Waals surface area contributed by atoms with Crippen molar-refractivity contribution in [3.05, 3.63) is 56.3 Å². The maximum atomic E-state index is 11.8. The standard InChI is InChI=1S/C15H14N2O6S/c1-22-15(19)10-4-5-12(17(20)21)13(7-10)23-9-14(18)16-8-11-3-2-6-24-11/h2-7H,8-9H2,1H3,(H,16,18). The summed E-state index contributed by atoms with van der Waals surface area (Å²) >= 11 is 1.50. The van der Waals surface area contributed by atoms with Crippen molar-refractivity contribution in [3.63, 3.8) is 0 Å². The van der Waals surface area contributed by atoms with Crippen LogP contribution in [0, 0.1) is 10.1 Å². The molecule has 1 amide bonds. The molecular weight excluding hydrogens is 336 g/mol. The van der Waals surface area contributed by atoms with Gasteiger partial charge in [-0.25, -0.2) is 4.79 Å². The van der Waals surface area contributed by atoms with Crippen molar-refractivity contribution >= 4 is 28.9 Å². The molecule has 1 aromatic heterocycles. The van der Waals surface area contributed by atoms with Gasteiger partial charge in [0.25, 0.3) is 5.91 Å². The van der Waals surface area contributed by atoms with Crippen LogP contribution < -0.4 is 10.1 Å². The fourth-order valence-electron chi connectivity index (χ4n) is 1.82. The number of hydrogen-bond acceptors (Lipinski definition) is 7. The van der Waals surface area contributed by atoms with Crippen LogP contribution in [-0.2, 0) is 16.1 Å². The highest BCUT2D eigenvalue weighted by molar-refractivity contribution is 7.09. The van der Waals surface area contributed by atoms with Crippen LogP contribution in [0.25, 0.3) is 0 Å². The summed E-state index contributed by atoms with van der Waals surface area (Å²) in [4.78, 5) is 34.6. The lowest BCUT2D eigenvalue weighted by molar-refractivity contribution is -0.385. The first kappa shape index (κ1) is 17.4. The largest absolute Gasteiger partial charge is 0.477 e. The predicted molar refractivity (Wildman–Crippen MR) is 86.1 cm³/mol. The van der Waals surface area contributed by atoms with Gasteiger partial charge in [0.15, 0.2) is 12.4 Å². The predicted octanol–water partition coefficient (Wildman–Crippen LogP) is 2.14. The van der Waals surface area contributed by atoms with E-state index in [4.69, 9.17) is 4.74 Å². The molecule has 0 unspecified atom stereocenters. The van der Waals surface area contributed by atoms with Gasteiger partial charge in [-0.3, -0.25) is 14.9 Å². The number of hydrogen-bond donors (Lipinski definition) is 1. The van der Waals surface area contributed by atoms with Crippen LogP contribution >= 0.6 is 11.3 Å². The Morgan fingerprint density at radius 1 is 1.33 bits per heavy atom. The van der Waals surface area contributed by atoms with Crippen LogP contribution in [0.1, 0.15) is 15.2 Å². The molecule has 126 valence electrons. The number of nitrogens with one attached hydrogen (secondary N) is 1. The van der Waals surface area contributed by atoms with E-state index in [1.54, 1.807) is 0 Å². The van der Waals surface area contributed by atoms with Crippen LogP contribution in [0.5, 0.6) is 5.75 Å². The fourth-order valence-corrected chi connectivity index (χ4v) is 2.46. The Morgan fingerprint density at radius 3 is 2.75 bits per heavy atom. The molecule has 0 fully saturated rings. The van der Waals surface area contributed by atoms with Crippen LogP contribution in [-0.4, -0.2) is 30.5 Å². The van der Waals surface area contributed by atoms with E-state index in [-0.39, 0.29) is 17.0 Å². The third-order valence-electron chi connectivity index (χ3n) is 2.98. The van der Waals surface area contributed by atoms with E-state index in [2.05, 4.69) is 10.1 Å². The third-order valence-corrected chi connectivity index (χ3v) is 3.85. The lowest BCUT2D eigenvalue weighted by Gasteiger charge is -2.08. The van der Waals surface area contributed by atoms with Crippen molar-refractivity contribution in [3.8, 4) is 5.75 Å². The molecule has 9 heteroatoms. The maximum absolute atomic E-state index is 11.8. The van der Waals surface area contributed by atoms with Crippen LogP contribution in [0.4, 0.5) is 5.69 Å². The normalized spacial score (nSPS) is 10.0. The number of amides is 1. The molecule has 0 radical (unpaired) electrons. The number of rotatable bonds is 7. The van der Waals surface area contributed by atoms with Crippen LogP contribution in [0.2, 0.25) is 0 Å². The average molecular weight is 350 g/mol. The number of carbonyl (C=O) groups excluding carboxylic acids is 2. The zero-order valence-corrected chi connectivity index (χ0v) is 13.5. The smallest absolute Gasteiger partial charge is 0.337 e. The second-order valence-corrected chi connectivity index (χ2v) is 5.61. The van der Waals surface area contributed by atoms with E-state index >= 15 is 0 Å². The Kier molecular flexibility index (Phi) is 5.85. The number of methoxy groups -OCH3 is 1. The van der Waals surface area contributed by atoms with Crippen LogP contribution in [0.15, 0.2) is 35.7 Å². The molecule has 2 rings (SSSR count). The minimum absolute atomic E-state index is 0.0945. The quantitative estimate of drug-likeness (QED) is 0.466. The summed E-state index contributed by atoms with van der Waals surface area (Å²) in [5, 5.41) is 15.5. The van der Waals surface area contributed by atoms with Gasteiger partial charge < -0.3 is 14.8 Å². The fraction of sp³-hybridized carbons (Fsp3) is 0.200.